The largest absolute Gasteiger partial charge is 0.497 e. The van der Waals surface area contributed by atoms with Gasteiger partial charge in [0.1, 0.15) is 11.5 Å². The lowest BCUT2D eigenvalue weighted by atomic mass is 10.1. The van der Waals surface area contributed by atoms with Gasteiger partial charge in [0.25, 0.3) is 0 Å². The molecule has 2 aromatic rings. The third-order valence-electron chi connectivity index (χ3n) is 2.96. The molecular formula is C16H15ClO4. The SMILES string of the molecule is COc1ccc(C[C@@H](Oc2ccccc2Cl)C(=O)O)cc1. The lowest BCUT2D eigenvalue weighted by Gasteiger charge is -2.16. The number of ether oxygens (including phenoxy) is 2. The maximum Gasteiger partial charge on any atom is 0.345 e. The Balaban J connectivity index is 2.12. The maximum absolute atomic E-state index is 11.3. The molecule has 0 fully saturated rings. The second-order valence-corrected chi connectivity index (χ2v) is 4.83. The molecule has 0 radical (unpaired) electrons. The Hall–Kier alpha value is -2.20. The van der Waals surface area contributed by atoms with Gasteiger partial charge in [0.15, 0.2) is 6.10 Å². The number of hydrogen-bond donors (Lipinski definition) is 1. The molecule has 0 saturated heterocycles. The number of carbonyl (C=O) groups is 1. The van der Waals surface area contributed by atoms with Gasteiger partial charge < -0.3 is 14.6 Å². The third kappa shape index (κ3) is 4.13. The average Bonchev–Trinajstić information content (AvgIpc) is 2.49. The predicted molar refractivity (Wildman–Crippen MR) is 80.2 cm³/mol. The van der Waals surface area contributed by atoms with Gasteiger partial charge in [-0.3, -0.25) is 0 Å². The molecule has 1 atom stereocenters. The van der Waals surface area contributed by atoms with Gasteiger partial charge >= 0.3 is 5.97 Å². The minimum absolute atomic E-state index is 0.241. The van der Waals surface area contributed by atoms with Gasteiger partial charge in [-0.25, -0.2) is 4.79 Å². The Kier molecular flexibility index (Phi) is 5.06. The standard InChI is InChI=1S/C16H15ClO4/c1-20-12-8-6-11(7-9-12)10-15(16(18)19)21-14-5-3-2-4-13(14)17/h2-9,15H,10H2,1H3,(H,18,19)/t15-/m1/s1. The Morgan fingerprint density at radius 1 is 1.19 bits per heavy atom. The molecule has 0 aliphatic rings. The molecule has 5 heteroatoms. The number of methoxy groups -OCH3 is 1. The summed E-state index contributed by atoms with van der Waals surface area (Å²) in [6.07, 6.45) is -0.761. The van der Waals surface area contributed by atoms with Crippen LogP contribution < -0.4 is 9.47 Å². The number of halogens is 1. The van der Waals surface area contributed by atoms with Gasteiger partial charge in [-0.05, 0) is 29.8 Å². The lowest BCUT2D eigenvalue weighted by molar-refractivity contribution is -0.145. The van der Waals surface area contributed by atoms with Gasteiger partial charge in [0, 0.05) is 6.42 Å². The minimum atomic E-state index is -1.04. The molecular weight excluding hydrogens is 292 g/mol. The zero-order valence-corrected chi connectivity index (χ0v) is 12.2. The normalized spacial score (nSPS) is 11.7. The highest BCUT2D eigenvalue weighted by atomic mass is 35.5. The molecule has 0 aromatic heterocycles. The highest BCUT2D eigenvalue weighted by Gasteiger charge is 2.21. The van der Waals surface area contributed by atoms with Crippen LogP contribution in [0.15, 0.2) is 48.5 Å². The molecule has 1 N–H and O–H groups in total. The third-order valence-corrected chi connectivity index (χ3v) is 3.27. The maximum atomic E-state index is 11.3. The van der Waals surface area contributed by atoms with Crippen molar-refractivity contribution in [1.29, 1.82) is 0 Å². The molecule has 2 aromatic carbocycles. The summed E-state index contributed by atoms with van der Waals surface area (Å²) < 4.78 is 10.6. The van der Waals surface area contributed by atoms with Crippen LogP contribution in [0.25, 0.3) is 0 Å². The Labute approximate surface area is 127 Å². The summed E-state index contributed by atoms with van der Waals surface area (Å²) in [6.45, 7) is 0. The van der Waals surface area contributed by atoms with Crippen molar-refractivity contribution >= 4 is 17.6 Å². The fourth-order valence-corrected chi connectivity index (χ4v) is 2.03. The monoisotopic (exact) mass is 306 g/mol. The fourth-order valence-electron chi connectivity index (χ4n) is 1.85. The number of para-hydroxylation sites is 1. The van der Waals surface area contributed by atoms with Crippen molar-refractivity contribution in [2.75, 3.05) is 7.11 Å². The van der Waals surface area contributed by atoms with E-state index in [9.17, 15) is 9.90 Å². The predicted octanol–water partition coefficient (Wildman–Crippen LogP) is 3.42. The van der Waals surface area contributed by atoms with E-state index in [0.29, 0.717) is 10.8 Å². The lowest BCUT2D eigenvalue weighted by Crippen LogP contribution is -2.29. The van der Waals surface area contributed by atoms with Crippen molar-refractivity contribution in [2.45, 2.75) is 12.5 Å². The van der Waals surface area contributed by atoms with E-state index in [1.807, 2.05) is 12.1 Å². The number of benzene rings is 2. The molecule has 4 nitrogen and oxygen atoms in total. The number of carboxylic acids is 1. The first kappa shape index (κ1) is 15.2. The van der Waals surface area contributed by atoms with Crippen LogP contribution in [-0.2, 0) is 11.2 Å². The molecule has 0 heterocycles. The van der Waals surface area contributed by atoms with E-state index in [4.69, 9.17) is 21.1 Å². The first-order valence-corrected chi connectivity index (χ1v) is 6.75. The van der Waals surface area contributed by atoms with Gasteiger partial charge in [-0.1, -0.05) is 35.9 Å². The summed E-state index contributed by atoms with van der Waals surface area (Å²) in [5.41, 5.74) is 0.843. The van der Waals surface area contributed by atoms with Crippen molar-refractivity contribution < 1.29 is 19.4 Å². The quantitative estimate of drug-likeness (QED) is 0.888. The van der Waals surface area contributed by atoms with Crippen molar-refractivity contribution in [3.05, 3.63) is 59.1 Å². The van der Waals surface area contributed by atoms with Gasteiger partial charge in [-0.2, -0.15) is 0 Å². The number of rotatable bonds is 6. The molecule has 0 saturated carbocycles. The zero-order chi connectivity index (χ0) is 15.2. The summed E-state index contributed by atoms with van der Waals surface area (Å²) in [6, 6.07) is 14.0. The molecule has 0 spiro atoms. The summed E-state index contributed by atoms with van der Waals surface area (Å²) in [5.74, 6) is 0.0449. The zero-order valence-electron chi connectivity index (χ0n) is 11.5. The highest BCUT2D eigenvalue weighted by molar-refractivity contribution is 6.32. The molecule has 110 valence electrons. The van der Waals surface area contributed by atoms with Crippen molar-refractivity contribution in [1.82, 2.24) is 0 Å². The number of carboxylic acid groups (broad SMARTS) is 1. The average molecular weight is 307 g/mol. The summed E-state index contributed by atoms with van der Waals surface area (Å²) in [5, 5.41) is 9.68. The first-order valence-electron chi connectivity index (χ1n) is 6.37. The second-order valence-electron chi connectivity index (χ2n) is 4.43. The van der Waals surface area contributed by atoms with Crippen LogP contribution in [0, 0.1) is 0 Å². The summed E-state index contributed by atoms with van der Waals surface area (Å²) >= 11 is 5.98. The Morgan fingerprint density at radius 2 is 1.86 bits per heavy atom. The first-order chi connectivity index (χ1) is 10.1. The van der Waals surface area contributed by atoms with Gasteiger partial charge in [0.2, 0.25) is 0 Å². The molecule has 0 aliphatic heterocycles. The van der Waals surface area contributed by atoms with Gasteiger partial charge in [-0.15, -0.1) is 0 Å². The summed E-state index contributed by atoms with van der Waals surface area (Å²) in [7, 11) is 1.58. The minimum Gasteiger partial charge on any atom is -0.497 e. The van der Waals surface area contributed by atoms with Crippen LogP contribution in [-0.4, -0.2) is 24.3 Å². The highest BCUT2D eigenvalue weighted by Crippen LogP contribution is 2.25. The van der Waals surface area contributed by atoms with E-state index in [1.165, 1.54) is 0 Å². The van der Waals surface area contributed by atoms with E-state index < -0.39 is 12.1 Å². The van der Waals surface area contributed by atoms with Crippen molar-refractivity contribution in [3.8, 4) is 11.5 Å². The van der Waals surface area contributed by atoms with Crippen molar-refractivity contribution in [3.63, 3.8) is 0 Å². The van der Waals surface area contributed by atoms with E-state index in [2.05, 4.69) is 0 Å². The second kappa shape index (κ2) is 6.99. The van der Waals surface area contributed by atoms with Crippen LogP contribution in [0.5, 0.6) is 11.5 Å². The van der Waals surface area contributed by atoms with Crippen LogP contribution in [0.3, 0.4) is 0 Å². The van der Waals surface area contributed by atoms with Crippen molar-refractivity contribution in [2.24, 2.45) is 0 Å². The van der Waals surface area contributed by atoms with Crippen LogP contribution >= 0.6 is 11.6 Å². The molecule has 0 aliphatic carbocycles. The van der Waals surface area contributed by atoms with E-state index in [1.54, 1.807) is 43.5 Å². The van der Waals surface area contributed by atoms with E-state index >= 15 is 0 Å². The van der Waals surface area contributed by atoms with Gasteiger partial charge in [0.05, 0.1) is 12.1 Å². The topological polar surface area (TPSA) is 55.8 Å². The molecule has 0 bridgehead atoms. The Morgan fingerprint density at radius 3 is 2.43 bits per heavy atom. The molecule has 0 amide bonds. The van der Waals surface area contributed by atoms with Crippen LogP contribution in [0.2, 0.25) is 5.02 Å². The Bertz CT molecular complexity index is 610. The molecule has 0 unspecified atom stereocenters. The molecule has 21 heavy (non-hydrogen) atoms. The number of aliphatic carboxylic acids is 1. The smallest absolute Gasteiger partial charge is 0.345 e. The molecule has 2 rings (SSSR count). The van der Waals surface area contributed by atoms with Crippen LogP contribution in [0.4, 0.5) is 0 Å². The fraction of sp³-hybridized carbons (Fsp3) is 0.188. The van der Waals surface area contributed by atoms with E-state index in [-0.39, 0.29) is 6.42 Å². The van der Waals surface area contributed by atoms with Crippen LogP contribution in [0.1, 0.15) is 5.56 Å². The summed E-state index contributed by atoms with van der Waals surface area (Å²) in [4.78, 5) is 11.3. The van der Waals surface area contributed by atoms with E-state index in [0.717, 1.165) is 11.3 Å². The number of hydrogen-bond acceptors (Lipinski definition) is 3.